The molecule has 7 heteroatoms. The molecule has 0 spiro atoms. The molecule has 1 aliphatic rings. The fourth-order valence-electron chi connectivity index (χ4n) is 2.57. The summed E-state index contributed by atoms with van der Waals surface area (Å²) >= 11 is 5.74. The summed E-state index contributed by atoms with van der Waals surface area (Å²) in [7, 11) is 0. The van der Waals surface area contributed by atoms with Crippen LogP contribution in [0.1, 0.15) is 26.7 Å². The van der Waals surface area contributed by atoms with Crippen LogP contribution in [0.4, 0.5) is 5.82 Å². The van der Waals surface area contributed by atoms with Crippen LogP contribution in [0.15, 0.2) is 12.1 Å². The van der Waals surface area contributed by atoms with Crippen LogP contribution in [0, 0.1) is 11.8 Å². The number of carbonyl (C=O) groups is 1. The molecule has 0 bridgehead atoms. The van der Waals surface area contributed by atoms with Crippen molar-refractivity contribution in [2.24, 2.45) is 11.8 Å². The maximum Gasteiger partial charge on any atom is 0.223 e. The summed E-state index contributed by atoms with van der Waals surface area (Å²) in [6.07, 6.45) is 1.54. The van der Waals surface area contributed by atoms with E-state index in [2.05, 4.69) is 20.4 Å². The number of aromatic nitrogens is 2. The molecule has 0 aromatic carbocycles. The van der Waals surface area contributed by atoms with E-state index in [1.54, 1.807) is 6.07 Å². The highest BCUT2D eigenvalue weighted by Gasteiger charge is 2.27. The highest BCUT2D eigenvalue weighted by Crippen LogP contribution is 2.22. The third-order valence-corrected chi connectivity index (χ3v) is 4.34. The SMILES string of the molecule is CC(C)C(CO)NC(=O)C1CCN(c2ccc(Cl)nn2)CC1. The first-order valence-corrected chi connectivity index (χ1v) is 8.04. The van der Waals surface area contributed by atoms with E-state index in [-0.39, 0.29) is 30.4 Å². The monoisotopic (exact) mass is 326 g/mol. The summed E-state index contributed by atoms with van der Waals surface area (Å²) in [6.45, 7) is 5.48. The second kappa shape index (κ2) is 7.74. The van der Waals surface area contributed by atoms with Crippen LogP contribution in [0.3, 0.4) is 0 Å². The van der Waals surface area contributed by atoms with E-state index in [0.717, 1.165) is 31.7 Å². The zero-order valence-corrected chi connectivity index (χ0v) is 13.8. The molecule has 1 atom stereocenters. The second-order valence-corrected chi connectivity index (χ2v) is 6.40. The minimum absolute atomic E-state index is 0.00990. The Morgan fingerprint density at radius 2 is 2.09 bits per heavy atom. The molecule has 1 fully saturated rings. The van der Waals surface area contributed by atoms with Gasteiger partial charge < -0.3 is 15.3 Å². The van der Waals surface area contributed by atoms with Crippen molar-refractivity contribution >= 4 is 23.3 Å². The summed E-state index contributed by atoms with van der Waals surface area (Å²) < 4.78 is 0. The predicted octanol–water partition coefficient (Wildman–Crippen LogP) is 1.48. The van der Waals surface area contributed by atoms with Crippen LogP contribution in [0.5, 0.6) is 0 Å². The summed E-state index contributed by atoms with van der Waals surface area (Å²) in [5, 5.41) is 20.5. The minimum atomic E-state index is -0.173. The lowest BCUT2D eigenvalue weighted by atomic mass is 9.94. The Balaban J connectivity index is 1.86. The maximum atomic E-state index is 12.3. The highest BCUT2D eigenvalue weighted by atomic mass is 35.5. The number of nitrogens with one attached hydrogen (secondary N) is 1. The molecule has 22 heavy (non-hydrogen) atoms. The lowest BCUT2D eigenvalue weighted by molar-refractivity contribution is -0.127. The number of aliphatic hydroxyl groups excluding tert-OH is 1. The van der Waals surface area contributed by atoms with E-state index in [1.165, 1.54) is 0 Å². The van der Waals surface area contributed by atoms with Gasteiger partial charge in [0.25, 0.3) is 0 Å². The maximum absolute atomic E-state index is 12.3. The Hall–Kier alpha value is -1.40. The molecule has 2 rings (SSSR count). The average molecular weight is 327 g/mol. The number of anilines is 1. The summed E-state index contributed by atoms with van der Waals surface area (Å²) in [5.41, 5.74) is 0. The Morgan fingerprint density at radius 3 is 2.59 bits per heavy atom. The zero-order chi connectivity index (χ0) is 16.1. The molecule has 0 aliphatic carbocycles. The van der Waals surface area contributed by atoms with Crippen LogP contribution < -0.4 is 10.2 Å². The van der Waals surface area contributed by atoms with Crippen molar-refractivity contribution in [3.63, 3.8) is 0 Å². The molecule has 1 unspecified atom stereocenters. The molecule has 1 amide bonds. The Bertz CT molecular complexity index is 487. The molecule has 1 aromatic rings. The highest BCUT2D eigenvalue weighted by molar-refractivity contribution is 6.29. The van der Waals surface area contributed by atoms with Crippen molar-refractivity contribution in [2.45, 2.75) is 32.7 Å². The molecule has 1 aromatic heterocycles. The van der Waals surface area contributed by atoms with Gasteiger partial charge in [-0.05, 0) is 30.9 Å². The number of amides is 1. The van der Waals surface area contributed by atoms with E-state index in [4.69, 9.17) is 11.6 Å². The third kappa shape index (κ3) is 4.30. The molecule has 0 radical (unpaired) electrons. The Kier molecular flexibility index (Phi) is 5.97. The third-order valence-electron chi connectivity index (χ3n) is 4.14. The molecule has 2 heterocycles. The van der Waals surface area contributed by atoms with Gasteiger partial charge in [0.2, 0.25) is 5.91 Å². The van der Waals surface area contributed by atoms with Crippen molar-refractivity contribution in [1.82, 2.24) is 15.5 Å². The number of hydrogen-bond donors (Lipinski definition) is 2. The van der Waals surface area contributed by atoms with Gasteiger partial charge >= 0.3 is 0 Å². The van der Waals surface area contributed by atoms with Crippen LogP contribution in [-0.2, 0) is 4.79 Å². The fourth-order valence-corrected chi connectivity index (χ4v) is 2.67. The molecule has 6 nitrogen and oxygen atoms in total. The average Bonchev–Trinajstić information content (AvgIpc) is 2.53. The van der Waals surface area contributed by atoms with Crippen molar-refractivity contribution in [2.75, 3.05) is 24.6 Å². The smallest absolute Gasteiger partial charge is 0.223 e. The van der Waals surface area contributed by atoms with Crippen LogP contribution in [-0.4, -0.2) is 46.9 Å². The van der Waals surface area contributed by atoms with Crippen LogP contribution >= 0.6 is 11.6 Å². The van der Waals surface area contributed by atoms with Crippen molar-refractivity contribution in [3.05, 3.63) is 17.3 Å². The number of nitrogens with zero attached hydrogens (tertiary/aromatic N) is 3. The molecule has 0 saturated carbocycles. The van der Waals surface area contributed by atoms with E-state index in [1.807, 2.05) is 19.9 Å². The first kappa shape index (κ1) is 17.0. The number of carbonyl (C=O) groups excluding carboxylic acids is 1. The van der Waals surface area contributed by atoms with Gasteiger partial charge in [0, 0.05) is 19.0 Å². The van der Waals surface area contributed by atoms with Crippen LogP contribution in [0.2, 0.25) is 5.15 Å². The normalized spacial score (nSPS) is 17.6. The van der Waals surface area contributed by atoms with Crippen molar-refractivity contribution < 1.29 is 9.90 Å². The standard InChI is InChI=1S/C15H23ClN4O2/c1-10(2)12(9-21)17-15(22)11-5-7-20(8-6-11)14-4-3-13(16)18-19-14/h3-4,10-12,21H,5-9H2,1-2H3,(H,17,22). The second-order valence-electron chi connectivity index (χ2n) is 6.02. The molecular weight excluding hydrogens is 304 g/mol. The molecule has 122 valence electrons. The molecule has 2 N–H and O–H groups in total. The van der Waals surface area contributed by atoms with Crippen LogP contribution in [0.25, 0.3) is 0 Å². The fraction of sp³-hybridized carbons (Fsp3) is 0.667. The molecular formula is C15H23ClN4O2. The van der Waals surface area contributed by atoms with Crippen molar-refractivity contribution in [1.29, 1.82) is 0 Å². The van der Waals surface area contributed by atoms with Gasteiger partial charge in [0.1, 0.15) is 0 Å². The van der Waals surface area contributed by atoms with Gasteiger partial charge in [0.15, 0.2) is 11.0 Å². The number of aliphatic hydroxyl groups is 1. The van der Waals surface area contributed by atoms with Gasteiger partial charge in [-0.2, -0.15) is 0 Å². The number of hydrogen-bond acceptors (Lipinski definition) is 5. The van der Waals surface area contributed by atoms with E-state index < -0.39 is 0 Å². The van der Waals surface area contributed by atoms with Gasteiger partial charge in [0.05, 0.1) is 12.6 Å². The van der Waals surface area contributed by atoms with E-state index in [9.17, 15) is 9.90 Å². The van der Waals surface area contributed by atoms with E-state index >= 15 is 0 Å². The Morgan fingerprint density at radius 1 is 1.41 bits per heavy atom. The quantitative estimate of drug-likeness (QED) is 0.857. The lowest BCUT2D eigenvalue weighted by Gasteiger charge is -2.32. The first-order chi connectivity index (χ1) is 10.5. The van der Waals surface area contributed by atoms with Gasteiger partial charge in [-0.25, -0.2) is 0 Å². The summed E-state index contributed by atoms with van der Waals surface area (Å²) in [4.78, 5) is 14.4. The minimum Gasteiger partial charge on any atom is -0.394 e. The molecule has 1 saturated heterocycles. The Labute approximate surface area is 135 Å². The van der Waals surface area contributed by atoms with Crippen molar-refractivity contribution in [3.8, 4) is 0 Å². The number of piperidine rings is 1. The molecule has 1 aliphatic heterocycles. The number of halogens is 1. The lowest BCUT2D eigenvalue weighted by Crippen LogP contribution is -2.47. The van der Waals surface area contributed by atoms with Gasteiger partial charge in [-0.1, -0.05) is 25.4 Å². The van der Waals surface area contributed by atoms with Gasteiger partial charge in [-0.15, -0.1) is 10.2 Å². The zero-order valence-electron chi connectivity index (χ0n) is 13.0. The largest absolute Gasteiger partial charge is 0.394 e. The van der Waals surface area contributed by atoms with E-state index in [0.29, 0.717) is 5.15 Å². The predicted molar refractivity (Wildman–Crippen MR) is 85.8 cm³/mol. The number of rotatable bonds is 5. The summed E-state index contributed by atoms with van der Waals surface area (Å²) in [5.74, 6) is 1.04. The topological polar surface area (TPSA) is 78.4 Å². The first-order valence-electron chi connectivity index (χ1n) is 7.66. The summed E-state index contributed by atoms with van der Waals surface area (Å²) in [6, 6.07) is 3.39. The van der Waals surface area contributed by atoms with Gasteiger partial charge in [-0.3, -0.25) is 4.79 Å².